The molecule has 1 atom stereocenters. The molecule has 30 heavy (non-hydrogen) atoms. The van der Waals surface area contributed by atoms with E-state index in [1.807, 2.05) is 18.0 Å². The number of alkyl halides is 3. The number of phenols is 1. The van der Waals surface area contributed by atoms with Gasteiger partial charge in [0.1, 0.15) is 5.75 Å². The summed E-state index contributed by atoms with van der Waals surface area (Å²) >= 11 is 0. The van der Waals surface area contributed by atoms with E-state index in [1.165, 1.54) is 6.92 Å². The molecule has 3 aromatic rings. The summed E-state index contributed by atoms with van der Waals surface area (Å²) in [5, 5.41) is 15.5. The zero-order valence-corrected chi connectivity index (χ0v) is 16.6. The summed E-state index contributed by atoms with van der Waals surface area (Å²) in [5.74, 6) is -0.155. The fourth-order valence-corrected chi connectivity index (χ4v) is 4.00. The van der Waals surface area contributed by atoms with Gasteiger partial charge in [-0.05, 0) is 43.7 Å². The van der Waals surface area contributed by atoms with Gasteiger partial charge in [-0.1, -0.05) is 0 Å². The highest BCUT2D eigenvalue weighted by Crippen LogP contribution is 2.38. The van der Waals surface area contributed by atoms with E-state index in [1.54, 1.807) is 16.8 Å². The van der Waals surface area contributed by atoms with Crippen molar-refractivity contribution in [2.45, 2.75) is 33.0 Å². The first kappa shape index (κ1) is 20.2. The van der Waals surface area contributed by atoms with Crippen LogP contribution >= 0.6 is 0 Å². The zero-order valence-electron chi connectivity index (χ0n) is 16.6. The predicted molar refractivity (Wildman–Crippen MR) is 105 cm³/mol. The standard InChI is InChI=1S/C21H21F3N4O2/c1-3-27-9-13(7-18(27)30)10-28-11-14-4-5-16(25-20(14)26-28)19-12(2)6-15(8-17(19)29)21(22,23)24/h4-6,8,11,13,29H,3,7,9-10H2,1-2H3/t13-/m1/s1. The highest BCUT2D eigenvalue weighted by molar-refractivity contribution is 5.81. The van der Waals surface area contributed by atoms with Crippen LogP contribution < -0.4 is 0 Å². The number of amides is 1. The lowest BCUT2D eigenvalue weighted by Gasteiger charge is -2.13. The molecule has 1 amide bonds. The van der Waals surface area contributed by atoms with Crippen LogP contribution in [0, 0.1) is 12.8 Å². The van der Waals surface area contributed by atoms with Gasteiger partial charge >= 0.3 is 6.18 Å². The quantitative estimate of drug-likeness (QED) is 0.695. The van der Waals surface area contributed by atoms with Crippen LogP contribution in [0.4, 0.5) is 13.2 Å². The summed E-state index contributed by atoms with van der Waals surface area (Å²) in [4.78, 5) is 18.2. The van der Waals surface area contributed by atoms with Gasteiger partial charge in [0.05, 0.1) is 11.3 Å². The van der Waals surface area contributed by atoms with Crippen molar-refractivity contribution >= 4 is 16.9 Å². The van der Waals surface area contributed by atoms with Gasteiger partial charge < -0.3 is 10.0 Å². The third-order valence-electron chi connectivity index (χ3n) is 5.44. The molecule has 0 radical (unpaired) electrons. The largest absolute Gasteiger partial charge is 0.507 e. The second kappa shape index (κ2) is 7.30. The average molecular weight is 418 g/mol. The van der Waals surface area contributed by atoms with E-state index >= 15 is 0 Å². The summed E-state index contributed by atoms with van der Waals surface area (Å²) in [6, 6.07) is 5.14. The Bertz CT molecular complexity index is 1100. The molecule has 158 valence electrons. The number of pyridine rings is 1. The Balaban J connectivity index is 1.63. The van der Waals surface area contributed by atoms with E-state index < -0.39 is 17.5 Å². The maximum atomic E-state index is 13.0. The van der Waals surface area contributed by atoms with Gasteiger partial charge in [-0.2, -0.15) is 18.3 Å². The fraction of sp³-hybridized carbons (Fsp3) is 0.381. The Hall–Kier alpha value is -3.10. The number of aromatic nitrogens is 3. The van der Waals surface area contributed by atoms with Crippen molar-refractivity contribution in [3.05, 3.63) is 41.6 Å². The number of aromatic hydroxyl groups is 1. The summed E-state index contributed by atoms with van der Waals surface area (Å²) in [5.41, 5.74) is 0.406. The van der Waals surface area contributed by atoms with E-state index in [0.717, 1.165) is 11.5 Å². The highest BCUT2D eigenvalue weighted by atomic mass is 19.4. The van der Waals surface area contributed by atoms with Gasteiger partial charge in [0.2, 0.25) is 5.91 Å². The second-order valence-electron chi connectivity index (χ2n) is 7.65. The third-order valence-corrected chi connectivity index (χ3v) is 5.44. The number of nitrogens with zero attached hydrogens (tertiary/aromatic N) is 4. The number of phenolic OH excluding ortho intramolecular Hbond substituents is 1. The summed E-state index contributed by atoms with van der Waals surface area (Å²) in [6.07, 6.45) is -2.21. The monoisotopic (exact) mass is 418 g/mol. The lowest BCUT2D eigenvalue weighted by atomic mass is 10.00. The molecule has 6 nitrogen and oxygen atoms in total. The molecule has 4 rings (SSSR count). The Kier molecular flexibility index (Phi) is 4.91. The molecule has 0 saturated carbocycles. The van der Waals surface area contributed by atoms with Crippen molar-refractivity contribution < 1.29 is 23.1 Å². The van der Waals surface area contributed by atoms with Gasteiger partial charge in [-0.25, -0.2) is 4.98 Å². The number of carbonyl (C=O) groups excluding carboxylic acids is 1. The van der Waals surface area contributed by atoms with E-state index in [-0.39, 0.29) is 23.0 Å². The molecular weight excluding hydrogens is 397 g/mol. The average Bonchev–Trinajstić information content (AvgIpc) is 3.22. The lowest BCUT2D eigenvalue weighted by molar-refractivity contribution is -0.137. The minimum absolute atomic E-state index is 0.146. The molecule has 1 aliphatic rings. The van der Waals surface area contributed by atoms with Crippen LogP contribution in [-0.4, -0.2) is 43.8 Å². The summed E-state index contributed by atoms with van der Waals surface area (Å²) in [7, 11) is 0. The number of likely N-dealkylation sites (tertiary alicyclic amines) is 1. The molecule has 1 aromatic carbocycles. The number of aryl methyl sites for hydroxylation is 1. The Morgan fingerprint density at radius 1 is 1.27 bits per heavy atom. The lowest BCUT2D eigenvalue weighted by Crippen LogP contribution is -2.25. The molecule has 2 aromatic heterocycles. The molecular formula is C21H21F3N4O2. The highest BCUT2D eigenvalue weighted by Gasteiger charge is 2.32. The van der Waals surface area contributed by atoms with Gasteiger partial charge in [-0.3, -0.25) is 9.48 Å². The third kappa shape index (κ3) is 3.71. The van der Waals surface area contributed by atoms with Crippen molar-refractivity contribution in [3.8, 4) is 17.0 Å². The second-order valence-corrected chi connectivity index (χ2v) is 7.65. The number of carbonyl (C=O) groups is 1. The van der Waals surface area contributed by atoms with Crippen LogP contribution in [0.1, 0.15) is 24.5 Å². The van der Waals surface area contributed by atoms with Crippen molar-refractivity contribution in [1.29, 1.82) is 0 Å². The number of rotatable bonds is 4. The van der Waals surface area contributed by atoms with E-state index in [0.29, 0.717) is 43.5 Å². The first-order chi connectivity index (χ1) is 14.2. The maximum Gasteiger partial charge on any atom is 0.416 e. The van der Waals surface area contributed by atoms with Gasteiger partial charge in [-0.15, -0.1) is 0 Å². The van der Waals surface area contributed by atoms with Gasteiger partial charge in [0.15, 0.2) is 5.65 Å². The Morgan fingerprint density at radius 2 is 2.03 bits per heavy atom. The molecule has 0 bridgehead atoms. The van der Waals surface area contributed by atoms with Gasteiger partial charge in [0.25, 0.3) is 0 Å². The van der Waals surface area contributed by atoms with Crippen molar-refractivity contribution in [1.82, 2.24) is 19.7 Å². The van der Waals surface area contributed by atoms with Crippen molar-refractivity contribution in [3.63, 3.8) is 0 Å². The number of benzene rings is 1. The SMILES string of the molecule is CCN1C[C@H](Cn2cc3ccc(-c4c(C)cc(C(F)(F)F)cc4O)nc3n2)CC1=O. The first-order valence-corrected chi connectivity index (χ1v) is 9.69. The molecule has 1 N–H and O–H groups in total. The van der Waals surface area contributed by atoms with E-state index in [2.05, 4.69) is 10.1 Å². The van der Waals surface area contributed by atoms with Crippen LogP contribution in [-0.2, 0) is 17.5 Å². The molecule has 1 aliphatic heterocycles. The molecule has 9 heteroatoms. The van der Waals surface area contributed by atoms with Gasteiger partial charge in [0, 0.05) is 49.1 Å². The van der Waals surface area contributed by atoms with Crippen LogP contribution in [0.3, 0.4) is 0 Å². The molecule has 0 spiro atoms. The smallest absolute Gasteiger partial charge is 0.416 e. The molecule has 1 saturated heterocycles. The van der Waals surface area contributed by atoms with Crippen molar-refractivity contribution in [2.75, 3.05) is 13.1 Å². The van der Waals surface area contributed by atoms with Crippen LogP contribution in [0.15, 0.2) is 30.5 Å². The predicted octanol–water partition coefficient (Wildman–Crippen LogP) is 4.00. The normalized spacial score (nSPS) is 17.3. The zero-order chi connectivity index (χ0) is 21.6. The maximum absolute atomic E-state index is 13.0. The van der Waals surface area contributed by atoms with Crippen LogP contribution in [0.25, 0.3) is 22.3 Å². The first-order valence-electron chi connectivity index (χ1n) is 9.69. The number of hydrogen-bond donors (Lipinski definition) is 1. The number of halogens is 3. The number of fused-ring (bicyclic) bond motifs is 1. The topological polar surface area (TPSA) is 71.2 Å². The Labute approximate surface area is 170 Å². The van der Waals surface area contributed by atoms with Crippen LogP contribution in [0.5, 0.6) is 5.75 Å². The van der Waals surface area contributed by atoms with Crippen molar-refractivity contribution in [2.24, 2.45) is 5.92 Å². The Morgan fingerprint density at radius 3 is 2.67 bits per heavy atom. The molecule has 0 unspecified atom stereocenters. The number of hydrogen-bond acceptors (Lipinski definition) is 4. The van der Waals surface area contributed by atoms with Crippen LogP contribution in [0.2, 0.25) is 0 Å². The van der Waals surface area contributed by atoms with E-state index in [9.17, 15) is 23.1 Å². The molecule has 0 aliphatic carbocycles. The molecule has 1 fully saturated rings. The molecule has 3 heterocycles. The fourth-order valence-electron chi connectivity index (χ4n) is 4.00. The minimum atomic E-state index is -4.54. The minimum Gasteiger partial charge on any atom is -0.507 e. The summed E-state index contributed by atoms with van der Waals surface area (Å²) < 4.78 is 40.7. The summed E-state index contributed by atoms with van der Waals surface area (Å²) in [6.45, 7) is 5.43. The van der Waals surface area contributed by atoms with E-state index in [4.69, 9.17) is 0 Å².